The average molecular weight is 345 g/mol. The molecule has 6 nitrogen and oxygen atoms in total. The molecule has 3 rings (SSSR count). The molecule has 3 aromatic rings. The van der Waals surface area contributed by atoms with Gasteiger partial charge in [-0.25, -0.2) is 0 Å². The fourth-order valence-electron chi connectivity index (χ4n) is 2.36. The average Bonchev–Trinajstić information content (AvgIpc) is 3.00. The van der Waals surface area contributed by atoms with Gasteiger partial charge < -0.3 is 10.1 Å². The van der Waals surface area contributed by atoms with E-state index in [0.29, 0.717) is 16.6 Å². The van der Waals surface area contributed by atoms with Gasteiger partial charge in [0, 0.05) is 11.2 Å². The third-order valence-electron chi connectivity index (χ3n) is 3.60. The third kappa shape index (κ3) is 3.49. The molecule has 1 aromatic carbocycles. The maximum absolute atomic E-state index is 12.1. The molecule has 2 aromatic heterocycles. The molecule has 0 aliphatic heterocycles. The lowest BCUT2D eigenvalue weighted by molar-refractivity contribution is -0.123. The number of benzene rings is 1. The molecule has 1 N–H and O–H groups in total. The van der Waals surface area contributed by atoms with Crippen LogP contribution in [0.2, 0.25) is 5.02 Å². The number of fused-ring (bicyclic) bond motifs is 1. The number of rotatable bonds is 5. The quantitative estimate of drug-likeness (QED) is 0.772. The molecule has 24 heavy (non-hydrogen) atoms. The summed E-state index contributed by atoms with van der Waals surface area (Å²) in [5.41, 5.74) is 1.64. The van der Waals surface area contributed by atoms with Crippen molar-refractivity contribution in [3.63, 3.8) is 0 Å². The standard InChI is InChI=1S/C17H17ClN4O2/c1-11-9-13(6-7-14(11)18)24-10-16(23)19-12(2)17-21-20-15-5-3-4-8-22(15)17/h3-9,12H,10H2,1-2H3,(H,19,23). The summed E-state index contributed by atoms with van der Waals surface area (Å²) < 4.78 is 7.34. The molecule has 1 unspecified atom stereocenters. The number of hydrogen-bond donors (Lipinski definition) is 1. The highest BCUT2D eigenvalue weighted by Crippen LogP contribution is 2.21. The number of amides is 1. The summed E-state index contributed by atoms with van der Waals surface area (Å²) in [5.74, 6) is 1.04. The van der Waals surface area contributed by atoms with Crippen LogP contribution in [-0.2, 0) is 4.79 Å². The molecule has 1 amide bonds. The van der Waals surface area contributed by atoms with Crippen LogP contribution in [0.4, 0.5) is 0 Å². The van der Waals surface area contributed by atoms with Gasteiger partial charge in [0.1, 0.15) is 5.75 Å². The van der Waals surface area contributed by atoms with Crippen LogP contribution >= 0.6 is 11.6 Å². The van der Waals surface area contributed by atoms with E-state index in [4.69, 9.17) is 16.3 Å². The first-order valence-electron chi connectivity index (χ1n) is 7.52. The van der Waals surface area contributed by atoms with Gasteiger partial charge in [0.15, 0.2) is 18.1 Å². The summed E-state index contributed by atoms with van der Waals surface area (Å²) in [5, 5.41) is 11.7. The van der Waals surface area contributed by atoms with Crippen molar-refractivity contribution in [1.29, 1.82) is 0 Å². The molecular formula is C17H17ClN4O2. The minimum Gasteiger partial charge on any atom is -0.484 e. The lowest BCUT2D eigenvalue weighted by atomic mass is 10.2. The van der Waals surface area contributed by atoms with Crippen molar-refractivity contribution in [3.8, 4) is 5.75 Å². The molecule has 1 atom stereocenters. The molecule has 0 saturated heterocycles. The zero-order valence-electron chi connectivity index (χ0n) is 13.4. The lowest BCUT2D eigenvalue weighted by Crippen LogP contribution is -2.32. The number of nitrogens with zero attached hydrogens (tertiary/aromatic N) is 3. The van der Waals surface area contributed by atoms with Crippen LogP contribution in [0.15, 0.2) is 42.6 Å². The fourth-order valence-corrected chi connectivity index (χ4v) is 2.48. The summed E-state index contributed by atoms with van der Waals surface area (Å²) in [6.07, 6.45) is 1.86. The van der Waals surface area contributed by atoms with Gasteiger partial charge in [-0.15, -0.1) is 10.2 Å². The zero-order chi connectivity index (χ0) is 17.1. The van der Waals surface area contributed by atoms with E-state index >= 15 is 0 Å². The van der Waals surface area contributed by atoms with E-state index in [1.807, 2.05) is 42.6 Å². The van der Waals surface area contributed by atoms with E-state index in [9.17, 15) is 4.79 Å². The van der Waals surface area contributed by atoms with Crippen molar-refractivity contribution in [2.75, 3.05) is 6.61 Å². The monoisotopic (exact) mass is 344 g/mol. The lowest BCUT2D eigenvalue weighted by Gasteiger charge is -2.13. The number of hydrogen-bond acceptors (Lipinski definition) is 4. The van der Waals surface area contributed by atoms with Crippen LogP contribution in [0, 0.1) is 6.92 Å². The molecule has 0 aliphatic carbocycles. The number of carbonyl (C=O) groups is 1. The van der Waals surface area contributed by atoms with Crippen molar-refractivity contribution in [2.24, 2.45) is 0 Å². The normalized spacial score (nSPS) is 12.1. The molecule has 124 valence electrons. The van der Waals surface area contributed by atoms with E-state index < -0.39 is 0 Å². The first-order valence-corrected chi connectivity index (χ1v) is 7.90. The molecule has 7 heteroatoms. The second-order valence-electron chi connectivity index (χ2n) is 5.48. The van der Waals surface area contributed by atoms with E-state index in [2.05, 4.69) is 15.5 Å². The second-order valence-corrected chi connectivity index (χ2v) is 5.88. The Morgan fingerprint density at radius 1 is 1.33 bits per heavy atom. The minimum atomic E-state index is -0.287. The number of ether oxygens (including phenoxy) is 1. The van der Waals surface area contributed by atoms with Crippen LogP contribution in [0.3, 0.4) is 0 Å². The van der Waals surface area contributed by atoms with Gasteiger partial charge in [0.25, 0.3) is 5.91 Å². The molecule has 0 fully saturated rings. The van der Waals surface area contributed by atoms with Gasteiger partial charge in [-0.3, -0.25) is 9.20 Å². The molecular weight excluding hydrogens is 328 g/mol. The maximum Gasteiger partial charge on any atom is 0.258 e. The Kier molecular flexibility index (Phi) is 4.66. The van der Waals surface area contributed by atoms with Crippen LogP contribution in [-0.4, -0.2) is 27.1 Å². The highest BCUT2D eigenvalue weighted by molar-refractivity contribution is 6.31. The molecule has 0 aliphatic rings. The van der Waals surface area contributed by atoms with E-state index in [-0.39, 0.29) is 18.6 Å². The number of halogens is 1. The molecule has 0 bridgehead atoms. The predicted molar refractivity (Wildman–Crippen MR) is 91.2 cm³/mol. The Bertz CT molecular complexity index is 878. The highest BCUT2D eigenvalue weighted by Gasteiger charge is 2.16. The smallest absolute Gasteiger partial charge is 0.258 e. The Morgan fingerprint density at radius 2 is 2.17 bits per heavy atom. The maximum atomic E-state index is 12.1. The van der Waals surface area contributed by atoms with E-state index in [1.54, 1.807) is 18.2 Å². The first-order chi connectivity index (χ1) is 11.5. The summed E-state index contributed by atoms with van der Waals surface area (Å²) in [7, 11) is 0. The van der Waals surface area contributed by atoms with Crippen molar-refractivity contribution in [3.05, 3.63) is 59.0 Å². The van der Waals surface area contributed by atoms with Gasteiger partial charge >= 0.3 is 0 Å². The SMILES string of the molecule is Cc1cc(OCC(=O)NC(C)c2nnc3ccccn23)ccc1Cl. The Labute approximate surface area is 144 Å². The summed E-state index contributed by atoms with van der Waals surface area (Å²) >= 11 is 5.97. The van der Waals surface area contributed by atoms with Crippen molar-refractivity contribution in [2.45, 2.75) is 19.9 Å². The van der Waals surface area contributed by atoms with Gasteiger partial charge in [-0.2, -0.15) is 0 Å². The largest absolute Gasteiger partial charge is 0.484 e. The number of aromatic nitrogens is 3. The summed E-state index contributed by atoms with van der Waals surface area (Å²) in [6, 6.07) is 10.6. The molecule has 0 radical (unpaired) electrons. The predicted octanol–water partition coefficient (Wildman–Crippen LogP) is 2.95. The van der Waals surface area contributed by atoms with Gasteiger partial charge in [-0.1, -0.05) is 17.7 Å². The van der Waals surface area contributed by atoms with Gasteiger partial charge in [0.2, 0.25) is 0 Å². The Hall–Kier alpha value is -2.60. The third-order valence-corrected chi connectivity index (χ3v) is 4.03. The summed E-state index contributed by atoms with van der Waals surface area (Å²) in [4.78, 5) is 12.1. The minimum absolute atomic E-state index is 0.0812. The van der Waals surface area contributed by atoms with Gasteiger partial charge in [-0.05, 0) is 49.7 Å². The number of carbonyl (C=O) groups excluding carboxylic acids is 1. The molecule has 2 heterocycles. The first kappa shape index (κ1) is 16.3. The zero-order valence-corrected chi connectivity index (χ0v) is 14.1. The van der Waals surface area contributed by atoms with Crippen molar-refractivity contribution < 1.29 is 9.53 Å². The molecule has 0 saturated carbocycles. The van der Waals surface area contributed by atoms with Crippen LogP contribution in [0.25, 0.3) is 5.65 Å². The molecule has 0 spiro atoms. The highest BCUT2D eigenvalue weighted by atomic mass is 35.5. The van der Waals surface area contributed by atoms with E-state index in [0.717, 1.165) is 11.2 Å². The summed E-state index contributed by atoms with van der Waals surface area (Å²) in [6.45, 7) is 3.66. The van der Waals surface area contributed by atoms with Crippen molar-refractivity contribution >= 4 is 23.2 Å². The Balaban J connectivity index is 1.61. The van der Waals surface area contributed by atoms with Crippen LogP contribution in [0.1, 0.15) is 24.4 Å². The van der Waals surface area contributed by atoms with Gasteiger partial charge in [0.05, 0.1) is 6.04 Å². The van der Waals surface area contributed by atoms with E-state index in [1.165, 1.54) is 0 Å². The van der Waals surface area contributed by atoms with Crippen molar-refractivity contribution in [1.82, 2.24) is 19.9 Å². The van der Waals surface area contributed by atoms with Crippen LogP contribution < -0.4 is 10.1 Å². The number of aryl methyl sites for hydroxylation is 1. The Morgan fingerprint density at radius 3 is 2.96 bits per heavy atom. The number of nitrogens with one attached hydrogen (secondary N) is 1. The number of pyridine rings is 1. The topological polar surface area (TPSA) is 68.5 Å². The fraction of sp³-hybridized carbons (Fsp3) is 0.235. The second kappa shape index (κ2) is 6.88. The van der Waals surface area contributed by atoms with Crippen LogP contribution in [0.5, 0.6) is 5.75 Å².